The summed E-state index contributed by atoms with van der Waals surface area (Å²) in [6.45, 7) is 6.54. The van der Waals surface area contributed by atoms with Gasteiger partial charge in [0.15, 0.2) is 5.76 Å². The smallest absolute Gasteiger partial charge is 0.229 e. The van der Waals surface area contributed by atoms with E-state index in [2.05, 4.69) is 51.5 Å². The molecule has 1 atom stereocenters. The SMILES string of the molecule is Cc1cc(CNc2nc(N3CCC[C@@H](c4ccccc4C)C3)nc3[nH]ccc23)on1. The summed E-state index contributed by atoms with van der Waals surface area (Å²) in [5.41, 5.74) is 4.50. The van der Waals surface area contributed by atoms with Crippen molar-refractivity contribution in [2.24, 2.45) is 0 Å². The molecule has 7 nitrogen and oxygen atoms in total. The number of nitrogens with zero attached hydrogens (tertiary/aromatic N) is 4. The number of aromatic amines is 1. The lowest BCUT2D eigenvalue weighted by molar-refractivity contribution is 0.384. The van der Waals surface area contributed by atoms with Crippen molar-refractivity contribution >= 4 is 22.8 Å². The van der Waals surface area contributed by atoms with Gasteiger partial charge in [0, 0.05) is 31.3 Å². The van der Waals surface area contributed by atoms with Crippen LogP contribution in [0.3, 0.4) is 0 Å². The molecular formula is C23H26N6O. The largest absolute Gasteiger partial charge is 0.362 e. The number of aryl methyl sites for hydroxylation is 2. The van der Waals surface area contributed by atoms with Crippen LogP contribution in [0.15, 0.2) is 47.1 Å². The quantitative estimate of drug-likeness (QED) is 0.509. The summed E-state index contributed by atoms with van der Waals surface area (Å²) in [4.78, 5) is 15.3. The van der Waals surface area contributed by atoms with Crippen molar-refractivity contribution in [1.29, 1.82) is 0 Å². The molecule has 3 aromatic heterocycles. The van der Waals surface area contributed by atoms with Crippen LogP contribution in [-0.2, 0) is 6.54 Å². The van der Waals surface area contributed by atoms with Crippen molar-refractivity contribution in [1.82, 2.24) is 20.1 Å². The molecule has 0 spiro atoms. The highest BCUT2D eigenvalue weighted by Crippen LogP contribution is 2.32. The number of H-pyrrole nitrogens is 1. The Balaban J connectivity index is 1.41. The molecule has 0 aliphatic carbocycles. The van der Waals surface area contributed by atoms with Gasteiger partial charge >= 0.3 is 0 Å². The molecule has 0 radical (unpaired) electrons. The predicted octanol–water partition coefficient (Wildman–Crippen LogP) is 4.56. The molecule has 1 aliphatic rings. The third-order valence-electron chi connectivity index (χ3n) is 5.84. The Kier molecular flexibility index (Phi) is 4.86. The highest BCUT2D eigenvalue weighted by Gasteiger charge is 2.25. The van der Waals surface area contributed by atoms with Gasteiger partial charge in [0.25, 0.3) is 0 Å². The van der Waals surface area contributed by atoms with Crippen LogP contribution in [0.5, 0.6) is 0 Å². The van der Waals surface area contributed by atoms with Gasteiger partial charge in [-0.25, -0.2) is 0 Å². The number of hydrogen-bond acceptors (Lipinski definition) is 6. The van der Waals surface area contributed by atoms with Crippen LogP contribution in [-0.4, -0.2) is 33.2 Å². The molecule has 2 N–H and O–H groups in total. The third kappa shape index (κ3) is 3.63. The fourth-order valence-electron chi connectivity index (χ4n) is 4.33. The molecule has 7 heteroatoms. The molecule has 1 aliphatic heterocycles. The van der Waals surface area contributed by atoms with Crippen LogP contribution < -0.4 is 10.2 Å². The first-order valence-corrected chi connectivity index (χ1v) is 10.5. The van der Waals surface area contributed by atoms with Crippen molar-refractivity contribution in [2.75, 3.05) is 23.3 Å². The van der Waals surface area contributed by atoms with E-state index < -0.39 is 0 Å². The molecule has 0 unspecified atom stereocenters. The second-order valence-corrected chi connectivity index (χ2v) is 8.04. The van der Waals surface area contributed by atoms with E-state index in [9.17, 15) is 0 Å². The Bertz CT molecular complexity index is 1160. The summed E-state index contributed by atoms with van der Waals surface area (Å²) in [6.07, 6.45) is 4.23. The monoisotopic (exact) mass is 402 g/mol. The molecule has 154 valence electrons. The number of aromatic nitrogens is 4. The lowest BCUT2D eigenvalue weighted by Gasteiger charge is -2.33. The molecule has 30 heavy (non-hydrogen) atoms. The fourth-order valence-corrected chi connectivity index (χ4v) is 4.33. The van der Waals surface area contributed by atoms with E-state index >= 15 is 0 Å². The maximum atomic E-state index is 5.33. The second-order valence-electron chi connectivity index (χ2n) is 8.04. The van der Waals surface area contributed by atoms with E-state index in [1.54, 1.807) is 0 Å². The standard InChI is InChI=1S/C23H26N6O/c1-15-6-3-4-8-19(15)17-7-5-11-29(14-17)23-26-21-20(9-10-24-21)22(27-23)25-13-18-12-16(2)28-30-18/h3-4,6,8-10,12,17H,5,7,11,13-14H2,1-2H3,(H2,24,25,26,27)/t17-/m1/s1. The van der Waals surface area contributed by atoms with Crippen LogP contribution in [0.25, 0.3) is 11.0 Å². The number of rotatable bonds is 5. The minimum absolute atomic E-state index is 0.497. The summed E-state index contributed by atoms with van der Waals surface area (Å²) >= 11 is 0. The number of benzene rings is 1. The van der Waals surface area contributed by atoms with E-state index in [-0.39, 0.29) is 0 Å². The number of hydrogen-bond donors (Lipinski definition) is 2. The van der Waals surface area contributed by atoms with Crippen LogP contribution in [0, 0.1) is 13.8 Å². The molecule has 4 heterocycles. The minimum atomic E-state index is 0.497. The number of anilines is 2. The molecule has 0 saturated carbocycles. The normalized spacial score (nSPS) is 16.9. The fraction of sp³-hybridized carbons (Fsp3) is 0.348. The summed E-state index contributed by atoms with van der Waals surface area (Å²) in [6, 6.07) is 12.6. The lowest BCUT2D eigenvalue weighted by Crippen LogP contribution is -2.36. The number of nitrogens with one attached hydrogen (secondary N) is 2. The Hall–Kier alpha value is -3.35. The van der Waals surface area contributed by atoms with Crippen molar-refractivity contribution in [3.63, 3.8) is 0 Å². The molecule has 1 aromatic carbocycles. The maximum absolute atomic E-state index is 5.33. The highest BCUT2D eigenvalue weighted by molar-refractivity contribution is 5.88. The van der Waals surface area contributed by atoms with Crippen LogP contribution >= 0.6 is 0 Å². The summed E-state index contributed by atoms with van der Waals surface area (Å²) in [5, 5.41) is 8.33. The van der Waals surface area contributed by atoms with Crippen LogP contribution in [0.2, 0.25) is 0 Å². The molecule has 5 rings (SSSR count). The summed E-state index contributed by atoms with van der Waals surface area (Å²) < 4.78 is 5.33. The molecular weight excluding hydrogens is 376 g/mol. The van der Waals surface area contributed by atoms with E-state index in [4.69, 9.17) is 14.5 Å². The van der Waals surface area contributed by atoms with Gasteiger partial charge in [0.2, 0.25) is 5.95 Å². The topological polar surface area (TPSA) is 82.9 Å². The Morgan fingerprint density at radius 3 is 2.93 bits per heavy atom. The van der Waals surface area contributed by atoms with E-state index in [0.29, 0.717) is 12.5 Å². The first kappa shape index (κ1) is 18.7. The first-order chi connectivity index (χ1) is 14.7. The van der Waals surface area contributed by atoms with Gasteiger partial charge < -0.3 is 19.7 Å². The Morgan fingerprint density at radius 1 is 1.20 bits per heavy atom. The molecule has 1 fully saturated rings. The lowest BCUT2D eigenvalue weighted by atomic mass is 9.88. The van der Waals surface area contributed by atoms with Crippen LogP contribution in [0.4, 0.5) is 11.8 Å². The zero-order chi connectivity index (χ0) is 20.5. The minimum Gasteiger partial charge on any atom is -0.362 e. The first-order valence-electron chi connectivity index (χ1n) is 10.5. The van der Waals surface area contributed by atoms with Crippen molar-refractivity contribution in [2.45, 2.75) is 39.2 Å². The molecule has 0 amide bonds. The summed E-state index contributed by atoms with van der Waals surface area (Å²) in [5.74, 6) is 2.85. The van der Waals surface area contributed by atoms with Gasteiger partial charge in [-0.2, -0.15) is 9.97 Å². The average molecular weight is 403 g/mol. The van der Waals surface area contributed by atoms with E-state index in [1.165, 1.54) is 17.5 Å². The zero-order valence-corrected chi connectivity index (χ0v) is 17.4. The van der Waals surface area contributed by atoms with Gasteiger partial charge in [0.05, 0.1) is 17.6 Å². The third-order valence-corrected chi connectivity index (χ3v) is 5.84. The van der Waals surface area contributed by atoms with Crippen LogP contribution in [0.1, 0.15) is 41.3 Å². The van der Waals surface area contributed by atoms with Gasteiger partial charge in [-0.15, -0.1) is 0 Å². The number of piperidine rings is 1. The summed E-state index contributed by atoms with van der Waals surface area (Å²) in [7, 11) is 0. The van der Waals surface area contributed by atoms with Gasteiger partial charge in [-0.05, 0) is 43.9 Å². The Morgan fingerprint density at radius 2 is 2.10 bits per heavy atom. The maximum Gasteiger partial charge on any atom is 0.229 e. The highest BCUT2D eigenvalue weighted by atomic mass is 16.5. The van der Waals surface area contributed by atoms with Crippen molar-refractivity contribution in [3.8, 4) is 0 Å². The van der Waals surface area contributed by atoms with Crippen molar-refractivity contribution in [3.05, 3.63) is 65.2 Å². The second kappa shape index (κ2) is 7.82. The predicted molar refractivity (Wildman–Crippen MR) is 118 cm³/mol. The average Bonchev–Trinajstić information content (AvgIpc) is 3.41. The van der Waals surface area contributed by atoms with Gasteiger partial charge in [0.1, 0.15) is 11.5 Å². The van der Waals surface area contributed by atoms with Gasteiger partial charge in [-0.3, -0.25) is 0 Å². The van der Waals surface area contributed by atoms with E-state index in [0.717, 1.165) is 53.8 Å². The number of fused-ring (bicyclic) bond motifs is 1. The molecule has 1 saturated heterocycles. The van der Waals surface area contributed by atoms with Crippen molar-refractivity contribution < 1.29 is 4.52 Å². The van der Waals surface area contributed by atoms with Gasteiger partial charge in [-0.1, -0.05) is 29.4 Å². The van der Waals surface area contributed by atoms with E-state index in [1.807, 2.05) is 25.3 Å². The Labute approximate surface area is 175 Å². The molecule has 0 bridgehead atoms. The zero-order valence-electron chi connectivity index (χ0n) is 17.4. The molecule has 4 aromatic rings.